The fourth-order valence-corrected chi connectivity index (χ4v) is 1.38. The van der Waals surface area contributed by atoms with E-state index < -0.39 is 0 Å². The maximum Gasteiger partial charge on any atom is 0.0911 e. The van der Waals surface area contributed by atoms with Crippen molar-refractivity contribution in [2.45, 2.75) is 0 Å². The lowest BCUT2D eigenvalue weighted by Crippen LogP contribution is -2.02. The van der Waals surface area contributed by atoms with Crippen LogP contribution >= 0.6 is 23.4 Å². The summed E-state index contributed by atoms with van der Waals surface area (Å²) in [7, 11) is 2.00. The van der Waals surface area contributed by atoms with E-state index in [2.05, 4.69) is 0 Å². The predicted octanol–water partition coefficient (Wildman–Crippen LogP) is 1.66. The normalized spacial score (nSPS) is 20.3. The number of nitrogens with zero attached hydrogens (tertiary/aromatic N) is 1. The zero-order valence-electron chi connectivity index (χ0n) is 4.02. The van der Waals surface area contributed by atoms with Gasteiger partial charge in [-0.3, -0.25) is 0 Å². The topological polar surface area (TPSA) is 3.24 Å². The van der Waals surface area contributed by atoms with Gasteiger partial charge >= 0.3 is 0 Å². The molecule has 0 unspecified atom stereocenters. The molecule has 0 bridgehead atoms. The third-order valence-electron chi connectivity index (χ3n) is 0.728. The molecular weight excluding hydrogens is 130 g/mol. The first kappa shape index (κ1) is 5.32. The zero-order chi connectivity index (χ0) is 5.28. The molecule has 7 heavy (non-hydrogen) atoms. The first-order valence-electron chi connectivity index (χ1n) is 1.99. The molecule has 0 spiro atoms. The van der Waals surface area contributed by atoms with Crippen LogP contribution in [0.2, 0.25) is 0 Å². The molecule has 0 aromatic heterocycles. The smallest absolute Gasteiger partial charge is 0.0911 e. The van der Waals surface area contributed by atoms with Crippen molar-refractivity contribution in [2.24, 2.45) is 0 Å². The average molecular weight is 136 g/mol. The Morgan fingerprint density at radius 3 is 2.86 bits per heavy atom. The molecule has 3 heteroatoms. The minimum Gasteiger partial charge on any atom is -0.369 e. The highest BCUT2D eigenvalue weighted by atomic mass is 35.5. The fourth-order valence-electron chi connectivity index (χ4n) is 0.411. The average Bonchev–Trinajstić information content (AvgIpc) is 1.87. The van der Waals surface area contributed by atoms with E-state index in [-0.39, 0.29) is 0 Å². The molecule has 0 fully saturated rings. The van der Waals surface area contributed by atoms with Gasteiger partial charge in [-0.25, -0.2) is 0 Å². The molecule has 1 aliphatic heterocycles. The number of thioether (sulfide) groups is 1. The van der Waals surface area contributed by atoms with Crippen LogP contribution in [0, 0.1) is 0 Å². The second kappa shape index (κ2) is 1.97. The van der Waals surface area contributed by atoms with Crippen molar-refractivity contribution < 1.29 is 0 Å². The molecule has 1 nitrogen and oxygen atoms in total. The summed E-state index contributed by atoms with van der Waals surface area (Å²) in [6, 6.07) is 0. The zero-order valence-corrected chi connectivity index (χ0v) is 5.59. The van der Waals surface area contributed by atoms with Crippen LogP contribution in [0.5, 0.6) is 0 Å². The number of hydrogen-bond acceptors (Lipinski definition) is 2. The van der Waals surface area contributed by atoms with Crippen LogP contribution in [0.3, 0.4) is 0 Å². The lowest BCUT2D eigenvalue weighted by molar-refractivity contribution is 0.551. The van der Waals surface area contributed by atoms with Crippen molar-refractivity contribution in [3.05, 3.63) is 10.6 Å². The fraction of sp³-hybridized carbons (Fsp3) is 0.500. The Kier molecular flexibility index (Phi) is 1.50. The van der Waals surface area contributed by atoms with Gasteiger partial charge in [0.1, 0.15) is 0 Å². The Labute approximate surface area is 52.3 Å². The van der Waals surface area contributed by atoms with E-state index in [0.29, 0.717) is 0 Å². The van der Waals surface area contributed by atoms with Crippen molar-refractivity contribution >= 4 is 23.4 Å². The Morgan fingerprint density at radius 2 is 2.71 bits per heavy atom. The van der Waals surface area contributed by atoms with Gasteiger partial charge < -0.3 is 4.90 Å². The molecule has 0 radical (unpaired) electrons. The summed E-state index contributed by atoms with van der Waals surface area (Å²) in [5, 5.41) is 0. The van der Waals surface area contributed by atoms with Gasteiger partial charge in [-0.2, -0.15) is 0 Å². The molecule has 0 N–H and O–H groups in total. The van der Waals surface area contributed by atoms with E-state index in [1.165, 1.54) is 0 Å². The lowest BCUT2D eigenvalue weighted by Gasteiger charge is -2.00. The molecule has 40 valence electrons. The van der Waals surface area contributed by atoms with Gasteiger partial charge in [-0.05, 0) is 0 Å². The van der Waals surface area contributed by atoms with Crippen molar-refractivity contribution in [1.82, 2.24) is 4.90 Å². The van der Waals surface area contributed by atoms with Crippen LogP contribution in [0.25, 0.3) is 0 Å². The molecule has 0 aromatic rings. The van der Waals surface area contributed by atoms with E-state index in [4.69, 9.17) is 11.6 Å². The van der Waals surface area contributed by atoms with Gasteiger partial charge in [0.25, 0.3) is 0 Å². The first-order valence-corrected chi connectivity index (χ1v) is 3.36. The summed E-state index contributed by atoms with van der Waals surface area (Å²) in [4.78, 5) is 2.05. The van der Waals surface area contributed by atoms with Gasteiger partial charge in [0.15, 0.2) is 0 Å². The molecule has 0 amide bonds. The van der Waals surface area contributed by atoms with Crippen molar-refractivity contribution in [3.63, 3.8) is 0 Å². The van der Waals surface area contributed by atoms with E-state index in [9.17, 15) is 0 Å². The van der Waals surface area contributed by atoms with Crippen LogP contribution in [0.4, 0.5) is 0 Å². The standard InChI is InChI=1S/C4H6ClNS/c1-6-2-4(5)7-3-6/h2H,3H2,1H3. The molecular formula is C4H6ClNS. The number of hydrogen-bond donors (Lipinski definition) is 0. The summed E-state index contributed by atoms with van der Waals surface area (Å²) in [6.07, 6.45) is 1.92. The minimum absolute atomic E-state index is 0.891. The monoisotopic (exact) mass is 135 g/mol. The molecule has 0 aromatic carbocycles. The molecule has 1 heterocycles. The third kappa shape index (κ3) is 1.28. The first-order chi connectivity index (χ1) is 3.29. The van der Waals surface area contributed by atoms with Crippen molar-refractivity contribution in [3.8, 4) is 0 Å². The van der Waals surface area contributed by atoms with Gasteiger partial charge in [0.2, 0.25) is 0 Å². The second-order valence-corrected chi connectivity index (χ2v) is 3.08. The van der Waals surface area contributed by atoms with Gasteiger partial charge in [-0.1, -0.05) is 23.4 Å². The van der Waals surface area contributed by atoms with Crippen molar-refractivity contribution in [2.75, 3.05) is 12.9 Å². The Hall–Kier alpha value is 0.180. The minimum atomic E-state index is 0.891. The van der Waals surface area contributed by atoms with E-state index in [1.54, 1.807) is 11.8 Å². The van der Waals surface area contributed by atoms with Crippen LogP contribution in [-0.4, -0.2) is 17.8 Å². The summed E-state index contributed by atoms with van der Waals surface area (Å²) in [6.45, 7) is 0. The van der Waals surface area contributed by atoms with Crippen LogP contribution < -0.4 is 0 Å². The highest BCUT2D eigenvalue weighted by Crippen LogP contribution is 2.26. The van der Waals surface area contributed by atoms with Crippen LogP contribution in [0.15, 0.2) is 10.6 Å². The summed E-state index contributed by atoms with van der Waals surface area (Å²) in [5.41, 5.74) is 0. The third-order valence-corrected chi connectivity index (χ3v) is 2.07. The van der Waals surface area contributed by atoms with Gasteiger partial charge in [-0.15, -0.1) is 0 Å². The quantitative estimate of drug-likeness (QED) is 0.497. The highest BCUT2D eigenvalue weighted by Gasteiger charge is 2.04. The summed E-state index contributed by atoms with van der Waals surface area (Å²) < 4.78 is 0.891. The lowest BCUT2D eigenvalue weighted by atomic mass is 10.9. The molecule has 0 saturated carbocycles. The van der Waals surface area contributed by atoms with E-state index in [0.717, 1.165) is 10.2 Å². The molecule has 1 aliphatic rings. The molecule has 0 atom stereocenters. The van der Waals surface area contributed by atoms with Gasteiger partial charge in [0.05, 0.1) is 10.2 Å². The van der Waals surface area contributed by atoms with Crippen molar-refractivity contribution in [1.29, 1.82) is 0 Å². The maximum absolute atomic E-state index is 5.59. The molecule has 0 saturated heterocycles. The van der Waals surface area contributed by atoms with E-state index >= 15 is 0 Å². The maximum atomic E-state index is 5.59. The van der Waals surface area contributed by atoms with Crippen LogP contribution in [-0.2, 0) is 0 Å². The number of rotatable bonds is 0. The molecule has 0 aliphatic carbocycles. The largest absolute Gasteiger partial charge is 0.369 e. The number of halogens is 1. The van der Waals surface area contributed by atoms with Crippen LogP contribution in [0.1, 0.15) is 0 Å². The predicted molar refractivity (Wildman–Crippen MR) is 34.2 cm³/mol. The van der Waals surface area contributed by atoms with Gasteiger partial charge in [0, 0.05) is 13.2 Å². The SMILES string of the molecule is CN1C=C(Cl)SC1. The Bertz CT molecular complexity index is 102. The Balaban J connectivity index is 2.50. The second-order valence-electron chi connectivity index (χ2n) is 1.46. The molecule has 1 rings (SSSR count). The summed E-state index contributed by atoms with van der Waals surface area (Å²) >= 11 is 7.25. The summed E-state index contributed by atoms with van der Waals surface area (Å²) in [5.74, 6) is 0.999. The highest BCUT2D eigenvalue weighted by molar-refractivity contribution is 8.04. The Morgan fingerprint density at radius 1 is 2.00 bits per heavy atom. The van der Waals surface area contributed by atoms with E-state index in [1.807, 2.05) is 18.1 Å².